The van der Waals surface area contributed by atoms with E-state index in [9.17, 15) is 12.8 Å². The van der Waals surface area contributed by atoms with E-state index in [2.05, 4.69) is 27.2 Å². The summed E-state index contributed by atoms with van der Waals surface area (Å²) in [5.74, 6) is -0.660. The minimum absolute atomic E-state index is 0.00548. The van der Waals surface area contributed by atoms with Crippen molar-refractivity contribution in [3.63, 3.8) is 0 Å². The molecule has 16 heavy (non-hydrogen) atoms. The van der Waals surface area contributed by atoms with E-state index in [1.165, 1.54) is 6.07 Å². The lowest BCUT2D eigenvalue weighted by molar-refractivity contribution is 0.582. The fourth-order valence-electron chi connectivity index (χ4n) is 0.992. The Morgan fingerprint density at radius 2 is 2.19 bits per heavy atom. The van der Waals surface area contributed by atoms with Crippen molar-refractivity contribution in [3.05, 3.63) is 35.1 Å². The van der Waals surface area contributed by atoms with Gasteiger partial charge in [0.25, 0.3) is 0 Å². The fraction of sp³-hybridized carbons (Fsp3) is 0.111. The zero-order valence-electron chi connectivity index (χ0n) is 8.20. The van der Waals surface area contributed by atoms with Gasteiger partial charge >= 0.3 is 0 Å². The lowest BCUT2D eigenvalue weighted by atomic mass is 10.3. The molecule has 0 aliphatic rings. The second-order valence-corrected chi connectivity index (χ2v) is 5.88. The average molecular weight is 309 g/mol. The fourth-order valence-corrected chi connectivity index (χ4v) is 2.48. The molecule has 0 atom stereocenters. The van der Waals surface area contributed by atoms with Crippen LogP contribution in [0.1, 0.15) is 0 Å². The summed E-state index contributed by atoms with van der Waals surface area (Å²) in [6.45, 7) is 3.49. The standard InChI is InChI=1S/C9H10BrFN2O2S/c1-6(10)5-13-16(14,15)9-4-7(11)2-3-8(9)12/h2-4,13H,1,5,12H2. The van der Waals surface area contributed by atoms with Crippen molar-refractivity contribution in [2.75, 3.05) is 12.3 Å². The Morgan fingerprint density at radius 1 is 1.56 bits per heavy atom. The topological polar surface area (TPSA) is 72.2 Å². The first kappa shape index (κ1) is 13.1. The Morgan fingerprint density at radius 3 is 2.75 bits per heavy atom. The Labute approximate surface area is 102 Å². The SMILES string of the molecule is C=C(Br)CNS(=O)(=O)c1cc(F)ccc1N. The van der Waals surface area contributed by atoms with Gasteiger partial charge in [-0.15, -0.1) is 0 Å². The van der Waals surface area contributed by atoms with E-state index < -0.39 is 15.8 Å². The molecule has 0 aliphatic heterocycles. The lowest BCUT2D eigenvalue weighted by Crippen LogP contribution is -2.25. The van der Waals surface area contributed by atoms with E-state index >= 15 is 0 Å². The number of hydrogen-bond donors (Lipinski definition) is 2. The number of hydrogen-bond acceptors (Lipinski definition) is 3. The van der Waals surface area contributed by atoms with E-state index in [4.69, 9.17) is 5.73 Å². The zero-order chi connectivity index (χ0) is 12.3. The summed E-state index contributed by atoms with van der Waals surface area (Å²) in [6.07, 6.45) is 0. The van der Waals surface area contributed by atoms with Gasteiger partial charge in [-0.3, -0.25) is 0 Å². The summed E-state index contributed by atoms with van der Waals surface area (Å²) in [7, 11) is -3.81. The molecule has 0 saturated carbocycles. The first-order valence-corrected chi connectivity index (χ1v) is 6.48. The molecular weight excluding hydrogens is 299 g/mol. The van der Waals surface area contributed by atoms with Crippen molar-refractivity contribution in [2.45, 2.75) is 4.90 Å². The number of anilines is 1. The molecule has 0 fully saturated rings. The van der Waals surface area contributed by atoms with Crippen LogP contribution in [-0.2, 0) is 10.0 Å². The minimum Gasteiger partial charge on any atom is -0.398 e. The molecule has 0 saturated heterocycles. The third-order valence-corrected chi connectivity index (χ3v) is 3.46. The number of rotatable bonds is 4. The maximum atomic E-state index is 12.9. The quantitative estimate of drug-likeness (QED) is 0.830. The van der Waals surface area contributed by atoms with Gasteiger partial charge in [-0.05, 0) is 18.2 Å². The van der Waals surface area contributed by atoms with Crippen molar-refractivity contribution in [3.8, 4) is 0 Å². The van der Waals surface area contributed by atoms with Gasteiger partial charge in [-0.1, -0.05) is 22.5 Å². The molecule has 1 aromatic carbocycles. The summed E-state index contributed by atoms with van der Waals surface area (Å²) in [6, 6.07) is 3.17. The molecule has 4 nitrogen and oxygen atoms in total. The van der Waals surface area contributed by atoms with Crippen molar-refractivity contribution in [2.24, 2.45) is 0 Å². The third-order valence-electron chi connectivity index (χ3n) is 1.72. The van der Waals surface area contributed by atoms with Crippen LogP contribution >= 0.6 is 15.9 Å². The van der Waals surface area contributed by atoms with Crippen LogP contribution in [0.5, 0.6) is 0 Å². The van der Waals surface area contributed by atoms with E-state index in [1.807, 2.05) is 0 Å². The summed E-state index contributed by atoms with van der Waals surface area (Å²) in [4.78, 5) is -0.277. The number of nitrogens with one attached hydrogen (secondary N) is 1. The van der Waals surface area contributed by atoms with Crippen molar-refractivity contribution in [1.29, 1.82) is 0 Å². The molecule has 3 N–H and O–H groups in total. The highest BCUT2D eigenvalue weighted by Crippen LogP contribution is 2.19. The third kappa shape index (κ3) is 3.29. The molecule has 0 aromatic heterocycles. The molecule has 0 aliphatic carbocycles. The summed E-state index contributed by atoms with van der Waals surface area (Å²) in [5, 5.41) is 0. The number of nitrogens with two attached hydrogens (primary N) is 1. The predicted molar refractivity (Wildman–Crippen MR) is 64.1 cm³/mol. The molecule has 0 amide bonds. The highest BCUT2D eigenvalue weighted by molar-refractivity contribution is 9.11. The van der Waals surface area contributed by atoms with Crippen LogP contribution in [0.25, 0.3) is 0 Å². The number of nitrogen functional groups attached to an aromatic ring is 1. The minimum atomic E-state index is -3.81. The van der Waals surface area contributed by atoms with E-state index in [0.717, 1.165) is 12.1 Å². The molecule has 0 radical (unpaired) electrons. The first-order valence-electron chi connectivity index (χ1n) is 4.21. The maximum Gasteiger partial charge on any atom is 0.243 e. The molecule has 0 heterocycles. The van der Waals surface area contributed by atoms with Crippen LogP contribution in [0.15, 0.2) is 34.2 Å². The van der Waals surface area contributed by atoms with Crippen LogP contribution in [-0.4, -0.2) is 15.0 Å². The normalized spacial score (nSPS) is 11.4. The number of benzene rings is 1. The van der Waals surface area contributed by atoms with Crippen LogP contribution < -0.4 is 10.5 Å². The number of halogens is 2. The second-order valence-electron chi connectivity index (χ2n) is 3.02. The molecule has 0 unspecified atom stereocenters. The molecule has 88 valence electrons. The van der Waals surface area contributed by atoms with E-state index in [0.29, 0.717) is 4.48 Å². The van der Waals surface area contributed by atoms with Gasteiger partial charge in [0.2, 0.25) is 10.0 Å². The molecular formula is C9H10BrFN2O2S. The van der Waals surface area contributed by atoms with E-state index in [1.54, 1.807) is 0 Å². The molecule has 7 heteroatoms. The van der Waals surface area contributed by atoms with Crippen molar-refractivity contribution >= 4 is 31.6 Å². The van der Waals surface area contributed by atoms with Gasteiger partial charge in [-0.25, -0.2) is 17.5 Å². The maximum absolute atomic E-state index is 12.9. The van der Waals surface area contributed by atoms with Crippen LogP contribution in [0.4, 0.5) is 10.1 Å². The number of sulfonamides is 1. The second kappa shape index (κ2) is 4.94. The monoisotopic (exact) mass is 308 g/mol. The van der Waals surface area contributed by atoms with Gasteiger partial charge < -0.3 is 5.73 Å². The highest BCUT2D eigenvalue weighted by atomic mass is 79.9. The van der Waals surface area contributed by atoms with Gasteiger partial charge in [-0.2, -0.15) is 0 Å². The summed E-state index contributed by atoms with van der Waals surface area (Å²) in [5.41, 5.74) is 5.46. The van der Waals surface area contributed by atoms with Gasteiger partial charge in [0.15, 0.2) is 0 Å². The van der Waals surface area contributed by atoms with Crippen LogP contribution in [0, 0.1) is 5.82 Å². The lowest BCUT2D eigenvalue weighted by Gasteiger charge is -2.08. The van der Waals surface area contributed by atoms with Gasteiger partial charge in [0.05, 0.1) is 5.69 Å². The molecule has 0 spiro atoms. The molecule has 0 bridgehead atoms. The van der Waals surface area contributed by atoms with Gasteiger partial charge in [0.1, 0.15) is 10.7 Å². The molecule has 1 rings (SSSR count). The molecule has 1 aromatic rings. The van der Waals surface area contributed by atoms with Crippen molar-refractivity contribution < 1.29 is 12.8 Å². The van der Waals surface area contributed by atoms with Gasteiger partial charge in [0, 0.05) is 11.0 Å². The summed E-state index contributed by atoms with van der Waals surface area (Å²) < 4.78 is 39.0. The Bertz CT molecular complexity index is 516. The predicted octanol–water partition coefficient (Wildman–Crippen LogP) is 1.59. The van der Waals surface area contributed by atoms with Crippen LogP contribution in [0.3, 0.4) is 0 Å². The summed E-state index contributed by atoms with van der Waals surface area (Å²) >= 11 is 3.01. The highest BCUT2D eigenvalue weighted by Gasteiger charge is 2.17. The van der Waals surface area contributed by atoms with Crippen LogP contribution in [0.2, 0.25) is 0 Å². The Kier molecular flexibility index (Phi) is 4.06. The largest absolute Gasteiger partial charge is 0.398 e. The van der Waals surface area contributed by atoms with Crippen molar-refractivity contribution in [1.82, 2.24) is 4.72 Å². The Balaban J connectivity index is 3.07. The Hall–Kier alpha value is -0.920. The van der Waals surface area contributed by atoms with E-state index in [-0.39, 0.29) is 17.1 Å². The average Bonchev–Trinajstić information content (AvgIpc) is 2.19. The first-order chi connectivity index (χ1) is 7.33. The zero-order valence-corrected chi connectivity index (χ0v) is 10.6. The smallest absolute Gasteiger partial charge is 0.243 e.